The van der Waals surface area contributed by atoms with Gasteiger partial charge in [0.2, 0.25) is 5.28 Å². The molecule has 1 aliphatic heterocycles. The van der Waals surface area contributed by atoms with E-state index in [1.807, 2.05) is 0 Å². The van der Waals surface area contributed by atoms with Crippen LogP contribution in [0.25, 0.3) is 11.2 Å². The molecule has 0 aliphatic carbocycles. The highest BCUT2D eigenvalue weighted by atomic mass is 35.5. The number of hydrogen-bond acceptors (Lipinski definition) is 8. The highest BCUT2D eigenvalue weighted by Gasteiger charge is 2.44. The molecule has 0 bridgehead atoms. The van der Waals surface area contributed by atoms with Gasteiger partial charge in [-0.2, -0.15) is 9.97 Å². The van der Waals surface area contributed by atoms with Gasteiger partial charge in [-0.25, -0.2) is 4.98 Å². The van der Waals surface area contributed by atoms with Crippen LogP contribution in [0.4, 0.5) is 5.82 Å². The zero-order chi connectivity index (χ0) is 14.4. The summed E-state index contributed by atoms with van der Waals surface area (Å²) in [6.07, 6.45) is -2.93. The fraction of sp³-hybridized carbons (Fsp3) is 0.500. The Bertz CT molecular complexity index is 650. The molecule has 0 radical (unpaired) electrons. The van der Waals surface area contributed by atoms with E-state index in [0.29, 0.717) is 5.52 Å². The maximum Gasteiger partial charge on any atom is 0.226 e. The molecule has 3 rings (SSSR count). The van der Waals surface area contributed by atoms with Crippen LogP contribution in [-0.4, -0.2) is 59.8 Å². The quantitative estimate of drug-likeness (QED) is 0.500. The first-order chi connectivity index (χ1) is 9.52. The number of nitrogens with two attached hydrogens (primary N) is 1. The van der Waals surface area contributed by atoms with E-state index >= 15 is 0 Å². The normalized spacial score (nSPS) is 30.2. The summed E-state index contributed by atoms with van der Waals surface area (Å²) in [5.74, 6) is 0.102. The highest BCUT2D eigenvalue weighted by molar-refractivity contribution is 6.28. The van der Waals surface area contributed by atoms with Crippen LogP contribution in [0.5, 0.6) is 0 Å². The van der Waals surface area contributed by atoms with Crippen molar-refractivity contribution in [1.82, 2.24) is 19.5 Å². The fourth-order valence-electron chi connectivity index (χ4n) is 2.21. The van der Waals surface area contributed by atoms with Gasteiger partial charge in [0.15, 0.2) is 17.7 Å². The van der Waals surface area contributed by atoms with E-state index in [1.165, 1.54) is 10.9 Å². The van der Waals surface area contributed by atoms with Gasteiger partial charge < -0.3 is 25.8 Å². The Kier molecular flexibility index (Phi) is 3.22. The molecule has 0 amide bonds. The second kappa shape index (κ2) is 4.79. The van der Waals surface area contributed by atoms with Gasteiger partial charge in [0, 0.05) is 0 Å². The van der Waals surface area contributed by atoms with Gasteiger partial charge in [-0.3, -0.25) is 4.57 Å². The SMILES string of the molecule is Nc1nc(Cl)nc2c1ncn2[C@@H]1O[C@H](CO)[C@@H](O)[C@@H]1O. The Labute approximate surface area is 117 Å². The van der Waals surface area contributed by atoms with E-state index in [-0.39, 0.29) is 16.7 Å². The van der Waals surface area contributed by atoms with E-state index in [1.54, 1.807) is 0 Å². The third-order valence-electron chi connectivity index (χ3n) is 3.21. The summed E-state index contributed by atoms with van der Waals surface area (Å²) in [6.45, 7) is -0.417. The molecule has 1 saturated heterocycles. The topological polar surface area (TPSA) is 140 Å². The maximum absolute atomic E-state index is 9.99. The fourth-order valence-corrected chi connectivity index (χ4v) is 2.38. The van der Waals surface area contributed by atoms with E-state index in [2.05, 4.69) is 15.0 Å². The monoisotopic (exact) mass is 301 g/mol. The van der Waals surface area contributed by atoms with Crippen LogP contribution in [0.2, 0.25) is 5.28 Å². The molecule has 0 unspecified atom stereocenters. The Morgan fingerprint density at radius 1 is 1.35 bits per heavy atom. The average molecular weight is 302 g/mol. The highest BCUT2D eigenvalue weighted by Crippen LogP contribution is 2.32. The summed E-state index contributed by atoms with van der Waals surface area (Å²) >= 11 is 5.74. The number of rotatable bonds is 2. The van der Waals surface area contributed by atoms with Crippen molar-refractivity contribution in [2.24, 2.45) is 0 Å². The largest absolute Gasteiger partial charge is 0.394 e. The molecule has 2 aromatic rings. The van der Waals surface area contributed by atoms with Gasteiger partial charge >= 0.3 is 0 Å². The number of nitrogens with zero attached hydrogens (tertiary/aromatic N) is 4. The van der Waals surface area contributed by atoms with Gasteiger partial charge in [-0.15, -0.1) is 0 Å². The van der Waals surface area contributed by atoms with Crippen LogP contribution in [0.3, 0.4) is 0 Å². The molecule has 9 nitrogen and oxygen atoms in total. The number of aliphatic hydroxyl groups is 3. The van der Waals surface area contributed by atoms with E-state index in [0.717, 1.165) is 0 Å². The Morgan fingerprint density at radius 3 is 2.75 bits per heavy atom. The van der Waals surface area contributed by atoms with Crippen molar-refractivity contribution in [1.29, 1.82) is 0 Å². The van der Waals surface area contributed by atoms with Crippen LogP contribution in [0.15, 0.2) is 6.33 Å². The zero-order valence-corrected chi connectivity index (χ0v) is 10.8. The molecule has 1 fully saturated rings. The molecule has 0 aromatic carbocycles. The number of anilines is 1. The first kappa shape index (κ1) is 13.5. The number of hydrogen-bond donors (Lipinski definition) is 4. The van der Waals surface area contributed by atoms with Gasteiger partial charge in [0.25, 0.3) is 0 Å². The standard InChI is InChI=1S/C10H12ClN5O4/c11-10-14-7(12)4-8(15-10)16(2-13-4)9-6(19)5(18)3(1-17)20-9/h2-3,5-6,9,17-19H,1H2,(H2,12,14,15)/t3-,5-,6+,9-/m1/s1. The van der Waals surface area contributed by atoms with Crippen LogP contribution in [0, 0.1) is 0 Å². The number of imidazole rings is 1. The first-order valence-corrected chi connectivity index (χ1v) is 6.18. The Morgan fingerprint density at radius 2 is 2.10 bits per heavy atom. The molecule has 0 saturated carbocycles. The summed E-state index contributed by atoms with van der Waals surface area (Å²) in [7, 11) is 0. The van der Waals surface area contributed by atoms with Crippen LogP contribution in [-0.2, 0) is 4.74 Å². The van der Waals surface area contributed by atoms with Crippen molar-refractivity contribution in [2.75, 3.05) is 12.3 Å². The average Bonchev–Trinajstić information content (AvgIpc) is 2.93. The van der Waals surface area contributed by atoms with Crippen molar-refractivity contribution in [2.45, 2.75) is 24.5 Å². The number of halogens is 1. The lowest BCUT2D eigenvalue weighted by atomic mass is 10.1. The Hall–Kier alpha value is -1.52. The van der Waals surface area contributed by atoms with Crippen molar-refractivity contribution in [3.63, 3.8) is 0 Å². The third kappa shape index (κ3) is 1.91. The lowest BCUT2D eigenvalue weighted by Crippen LogP contribution is -2.33. The van der Waals surface area contributed by atoms with Crippen LogP contribution >= 0.6 is 11.6 Å². The lowest BCUT2D eigenvalue weighted by Gasteiger charge is -2.16. The predicted octanol–water partition coefficient (Wildman–Crippen LogP) is -1.33. The van der Waals surface area contributed by atoms with E-state index in [4.69, 9.17) is 27.2 Å². The maximum atomic E-state index is 9.99. The van der Waals surface area contributed by atoms with Crippen molar-refractivity contribution in [3.05, 3.63) is 11.6 Å². The minimum absolute atomic E-state index is 0.0662. The molecular formula is C10H12ClN5O4. The first-order valence-electron chi connectivity index (χ1n) is 5.81. The number of nitrogen functional groups attached to an aromatic ring is 1. The van der Waals surface area contributed by atoms with E-state index in [9.17, 15) is 10.2 Å². The molecule has 0 spiro atoms. The number of ether oxygens (including phenoxy) is 1. The predicted molar refractivity (Wildman–Crippen MR) is 67.8 cm³/mol. The van der Waals surface area contributed by atoms with Crippen LogP contribution < -0.4 is 5.73 Å². The van der Waals surface area contributed by atoms with Gasteiger partial charge in [0.05, 0.1) is 12.9 Å². The molecule has 2 aromatic heterocycles. The molecule has 5 N–H and O–H groups in total. The smallest absolute Gasteiger partial charge is 0.226 e. The molecule has 108 valence electrons. The summed E-state index contributed by atoms with van der Waals surface area (Å²) < 4.78 is 6.79. The zero-order valence-electron chi connectivity index (χ0n) is 10.1. The molecule has 3 heterocycles. The molecule has 4 atom stereocenters. The van der Waals surface area contributed by atoms with Gasteiger partial charge in [-0.1, -0.05) is 0 Å². The second-order valence-electron chi connectivity index (χ2n) is 4.43. The molecule has 1 aliphatic rings. The van der Waals surface area contributed by atoms with Gasteiger partial charge in [0.1, 0.15) is 23.8 Å². The lowest BCUT2D eigenvalue weighted by molar-refractivity contribution is -0.0511. The van der Waals surface area contributed by atoms with Crippen molar-refractivity contribution >= 4 is 28.6 Å². The second-order valence-corrected chi connectivity index (χ2v) is 4.77. The number of aliphatic hydroxyl groups excluding tert-OH is 3. The molecule has 20 heavy (non-hydrogen) atoms. The number of fused-ring (bicyclic) bond motifs is 1. The van der Waals surface area contributed by atoms with Gasteiger partial charge in [-0.05, 0) is 11.6 Å². The van der Waals surface area contributed by atoms with Crippen LogP contribution in [0.1, 0.15) is 6.23 Å². The Balaban J connectivity index is 2.07. The summed E-state index contributed by atoms with van der Waals surface area (Å²) in [6, 6.07) is 0. The number of aromatic nitrogens is 4. The minimum atomic E-state index is -1.24. The molecule has 10 heteroatoms. The third-order valence-corrected chi connectivity index (χ3v) is 3.38. The summed E-state index contributed by atoms with van der Waals surface area (Å²) in [5.41, 5.74) is 6.27. The molecular weight excluding hydrogens is 290 g/mol. The van der Waals surface area contributed by atoms with E-state index < -0.39 is 31.1 Å². The van der Waals surface area contributed by atoms with Crippen molar-refractivity contribution < 1.29 is 20.1 Å². The minimum Gasteiger partial charge on any atom is -0.394 e. The van der Waals surface area contributed by atoms with Crippen molar-refractivity contribution in [3.8, 4) is 0 Å². The summed E-state index contributed by atoms with van der Waals surface area (Å²) in [5, 5.41) is 28.8. The summed E-state index contributed by atoms with van der Waals surface area (Å²) in [4.78, 5) is 11.8.